The number of pyridine rings is 1. The lowest BCUT2D eigenvalue weighted by Crippen LogP contribution is -2.58. The summed E-state index contributed by atoms with van der Waals surface area (Å²) in [5.41, 5.74) is -2.55. The van der Waals surface area contributed by atoms with Crippen LogP contribution in [0.2, 0.25) is 5.02 Å². The normalized spacial score (nSPS) is 25.6. The number of hydrogen-bond donors (Lipinski definition) is 2. The maximum Gasteiger partial charge on any atom is 0.277 e. The Hall–Kier alpha value is -2.98. The van der Waals surface area contributed by atoms with Crippen LogP contribution >= 0.6 is 11.6 Å². The largest absolute Gasteiger partial charge is 0.503 e. The Balaban J connectivity index is 1.52. The Morgan fingerprint density at radius 3 is 2.88 bits per heavy atom. The zero-order valence-corrected chi connectivity index (χ0v) is 18.3. The number of nitrogens with zero attached hydrogens (tertiary/aromatic N) is 2. The highest BCUT2D eigenvalue weighted by atomic mass is 35.5. The van der Waals surface area contributed by atoms with Crippen molar-refractivity contribution < 1.29 is 28.2 Å². The molecular weight excluding hydrogens is 460 g/mol. The van der Waals surface area contributed by atoms with Crippen LogP contribution in [0.25, 0.3) is 0 Å². The lowest BCUT2D eigenvalue weighted by atomic mass is 9.98. The van der Waals surface area contributed by atoms with Gasteiger partial charge in [-0.1, -0.05) is 17.7 Å². The summed E-state index contributed by atoms with van der Waals surface area (Å²) >= 11 is 5.56. The van der Waals surface area contributed by atoms with Crippen molar-refractivity contribution in [2.75, 3.05) is 6.61 Å². The van der Waals surface area contributed by atoms with Crippen LogP contribution in [0.15, 0.2) is 23.1 Å². The Morgan fingerprint density at radius 2 is 2.12 bits per heavy atom. The van der Waals surface area contributed by atoms with E-state index in [1.165, 1.54) is 10.8 Å². The van der Waals surface area contributed by atoms with E-state index in [1.807, 2.05) is 6.92 Å². The minimum absolute atomic E-state index is 0.0778. The van der Waals surface area contributed by atoms with Gasteiger partial charge >= 0.3 is 0 Å². The number of amides is 2. The third-order valence-corrected chi connectivity index (χ3v) is 7.07. The first-order chi connectivity index (χ1) is 15.7. The van der Waals surface area contributed by atoms with Gasteiger partial charge in [-0.15, -0.1) is 0 Å². The number of rotatable bonds is 3. The summed E-state index contributed by atoms with van der Waals surface area (Å²) in [6.07, 6.45) is 3.25. The van der Waals surface area contributed by atoms with Gasteiger partial charge in [0, 0.05) is 18.3 Å². The van der Waals surface area contributed by atoms with E-state index in [9.17, 15) is 28.3 Å². The summed E-state index contributed by atoms with van der Waals surface area (Å²) in [6, 6.07) is 1.50. The number of ether oxygens (including phenoxy) is 1. The molecule has 1 spiro atoms. The van der Waals surface area contributed by atoms with Gasteiger partial charge in [-0.3, -0.25) is 14.4 Å². The molecule has 1 aromatic carbocycles. The van der Waals surface area contributed by atoms with Crippen molar-refractivity contribution in [2.24, 2.45) is 0 Å². The van der Waals surface area contributed by atoms with Crippen LogP contribution in [0.5, 0.6) is 5.75 Å². The molecule has 0 radical (unpaired) electrons. The van der Waals surface area contributed by atoms with Crippen LogP contribution in [0.4, 0.5) is 8.78 Å². The van der Waals surface area contributed by atoms with Crippen LogP contribution in [0.1, 0.15) is 58.6 Å². The predicted molar refractivity (Wildman–Crippen MR) is 112 cm³/mol. The van der Waals surface area contributed by atoms with Gasteiger partial charge in [0.05, 0.1) is 18.7 Å². The number of nitrogens with one attached hydrogen (secondary N) is 1. The van der Waals surface area contributed by atoms with Gasteiger partial charge in [-0.05, 0) is 32.3 Å². The highest BCUT2D eigenvalue weighted by Crippen LogP contribution is 2.52. The molecule has 2 fully saturated rings. The van der Waals surface area contributed by atoms with Gasteiger partial charge in [-0.25, -0.2) is 8.78 Å². The summed E-state index contributed by atoms with van der Waals surface area (Å²) in [5.74, 6) is -4.18. The number of carbonyl (C=O) groups is 2. The third kappa shape index (κ3) is 3.00. The lowest BCUT2D eigenvalue weighted by Gasteiger charge is -2.45. The standard InChI is InChI=1S/C22H20ClF2N3O5/c1-10-9-33-22-6-2-3-14(22)27-8-12(18(29)19(30)17(27)21(32)28(10)22)20(31)26-7-11-4-5-13(24)15(23)16(11)25/h4-5,8,10,14,30H,2-3,6-7,9H2,1H3,(H,26,31)/t10-,14+,22?/m0/s1. The molecule has 2 aromatic rings. The van der Waals surface area contributed by atoms with E-state index in [0.29, 0.717) is 19.4 Å². The summed E-state index contributed by atoms with van der Waals surface area (Å²) in [7, 11) is 0. The molecule has 0 bridgehead atoms. The monoisotopic (exact) mass is 479 g/mol. The Labute approximate surface area is 191 Å². The first kappa shape index (κ1) is 21.8. The van der Waals surface area contributed by atoms with E-state index in [1.54, 1.807) is 4.90 Å². The predicted octanol–water partition coefficient (Wildman–Crippen LogP) is 2.71. The number of fused-ring (bicyclic) bond motifs is 2. The van der Waals surface area contributed by atoms with Gasteiger partial charge < -0.3 is 24.6 Å². The minimum Gasteiger partial charge on any atom is -0.503 e. The van der Waals surface area contributed by atoms with Crippen LogP contribution in [0, 0.1) is 11.6 Å². The SMILES string of the molecule is C[C@H]1COC23CCC[C@H]2n2cc(C(=O)NCc4ccc(F)c(Cl)c4F)c(=O)c(O)c2C(=O)N13. The summed E-state index contributed by atoms with van der Waals surface area (Å²) < 4.78 is 35.0. The highest BCUT2D eigenvalue weighted by molar-refractivity contribution is 6.30. The van der Waals surface area contributed by atoms with Crippen LogP contribution in [0.3, 0.4) is 0 Å². The molecule has 3 aliphatic rings. The average molecular weight is 480 g/mol. The van der Waals surface area contributed by atoms with E-state index in [-0.39, 0.29) is 29.9 Å². The van der Waals surface area contributed by atoms with Crippen molar-refractivity contribution in [3.63, 3.8) is 0 Å². The molecule has 2 amide bonds. The van der Waals surface area contributed by atoms with Gasteiger partial charge in [0.2, 0.25) is 5.43 Å². The average Bonchev–Trinajstić information content (AvgIpc) is 3.36. The van der Waals surface area contributed by atoms with Gasteiger partial charge in [0.25, 0.3) is 11.8 Å². The molecule has 1 saturated heterocycles. The lowest BCUT2D eigenvalue weighted by molar-refractivity contribution is -0.101. The maximum absolute atomic E-state index is 14.1. The van der Waals surface area contributed by atoms with E-state index in [2.05, 4.69) is 5.32 Å². The molecule has 2 aliphatic heterocycles. The molecule has 174 valence electrons. The van der Waals surface area contributed by atoms with Crippen LogP contribution in [-0.2, 0) is 11.3 Å². The highest BCUT2D eigenvalue weighted by Gasteiger charge is 2.60. The number of carbonyl (C=O) groups excluding carboxylic acids is 2. The second kappa shape index (κ2) is 7.53. The molecular formula is C22H20ClF2N3O5. The fourth-order valence-electron chi connectivity index (χ4n) is 5.23. The second-order valence-corrected chi connectivity index (χ2v) is 8.96. The van der Waals surface area contributed by atoms with E-state index in [4.69, 9.17) is 16.3 Å². The first-order valence-corrected chi connectivity index (χ1v) is 10.9. The molecule has 1 aromatic heterocycles. The molecule has 33 heavy (non-hydrogen) atoms. The Kier molecular flexibility index (Phi) is 4.98. The smallest absolute Gasteiger partial charge is 0.277 e. The third-order valence-electron chi connectivity index (χ3n) is 6.72. The van der Waals surface area contributed by atoms with E-state index >= 15 is 0 Å². The number of halogens is 3. The molecule has 1 unspecified atom stereocenters. The molecule has 2 N–H and O–H groups in total. The zero-order valence-electron chi connectivity index (χ0n) is 17.5. The van der Waals surface area contributed by atoms with Crippen LogP contribution < -0.4 is 10.7 Å². The van der Waals surface area contributed by atoms with Crippen molar-refractivity contribution in [1.82, 2.24) is 14.8 Å². The summed E-state index contributed by atoms with van der Waals surface area (Å²) in [6.45, 7) is 1.81. The van der Waals surface area contributed by atoms with Gasteiger partial charge in [0.1, 0.15) is 22.2 Å². The topological polar surface area (TPSA) is 101 Å². The molecule has 3 heterocycles. The molecule has 3 atom stereocenters. The fraction of sp³-hybridized carbons (Fsp3) is 0.409. The molecule has 8 nitrogen and oxygen atoms in total. The maximum atomic E-state index is 14.1. The van der Waals surface area contributed by atoms with E-state index in [0.717, 1.165) is 18.6 Å². The molecule has 1 saturated carbocycles. The van der Waals surface area contributed by atoms with Crippen molar-refractivity contribution in [1.29, 1.82) is 0 Å². The quantitative estimate of drug-likeness (QED) is 0.659. The Bertz CT molecular complexity index is 1270. The molecule has 5 rings (SSSR count). The number of aromatic nitrogens is 1. The van der Waals surface area contributed by atoms with E-state index < -0.39 is 50.9 Å². The number of hydrogen-bond acceptors (Lipinski definition) is 5. The fourth-order valence-corrected chi connectivity index (χ4v) is 5.41. The summed E-state index contributed by atoms with van der Waals surface area (Å²) in [4.78, 5) is 40.4. The number of aromatic hydroxyl groups is 1. The van der Waals surface area contributed by atoms with Gasteiger partial charge in [0.15, 0.2) is 17.2 Å². The number of benzene rings is 1. The second-order valence-electron chi connectivity index (χ2n) is 8.58. The molecule has 1 aliphatic carbocycles. The summed E-state index contributed by atoms with van der Waals surface area (Å²) in [5, 5.41) is 12.3. The van der Waals surface area contributed by atoms with Crippen molar-refractivity contribution in [2.45, 2.75) is 50.5 Å². The first-order valence-electron chi connectivity index (χ1n) is 10.5. The van der Waals surface area contributed by atoms with Crippen LogP contribution in [-0.4, -0.2) is 44.8 Å². The van der Waals surface area contributed by atoms with Crippen molar-refractivity contribution in [3.05, 3.63) is 62.0 Å². The van der Waals surface area contributed by atoms with Crippen molar-refractivity contribution >= 4 is 23.4 Å². The zero-order chi connectivity index (χ0) is 23.7. The minimum atomic E-state index is -1.02. The Morgan fingerprint density at radius 1 is 1.36 bits per heavy atom. The van der Waals surface area contributed by atoms with Gasteiger partial charge in [-0.2, -0.15) is 0 Å². The van der Waals surface area contributed by atoms with Crippen molar-refractivity contribution in [3.8, 4) is 5.75 Å². The molecule has 11 heteroatoms.